The molecule has 4 rings (SSSR count). The van der Waals surface area contributed by atoms with Gasteiger partial charge in [-0.3, -0.25) is 0 Å². The van der Waals surface area contributed by atoms with Gasteiger partial charge in [-0.25, -0.2) is 0 Å². The summed E-state index contributed by atoms with van der Waals surface area (Å²) in [6, 6.07) is 10.1. The van der Waals surface area contributed by atoms with E-state index in [0.29, 0.717) is 6.42 Å². The standard InChI is InChI=1S/C21H22Cl2N2O/c1-25(2)20-19-16(9-6-10-18(19)24-26-20)15-11-12-21(23,13-17(15)22)14-7-4-3-5-8-14/h3-5,7-8,11-12,16H,6,9-10,13H2,1-2H3. The summed E-state index contributed by atoms with van der Waals surface area (Å²) in [7, 11) is 3.97. The van der Waals surface area contributed by atoms with Gasteiger partial charge in [0.2, 0.25) is 5.88 Å². The van der Waals surface area contributed by atoms with E-state index >= 15 is 0 Å². The molecular weight excluding hydrogens is 367 g/mol. The molecular formula is C21H22Cl2N2O. The Balaban J connectivity index is 1.70. The number of alkyl halides is 1. The van der Waals surface area contributed by atoms with E-state index in [1.807, 2.05) is 37.2 Å². The van der Waals surface area contributed by atoms with Gasteiger partial charge in [0.1, 0.15) is 0 Å². The Morgan fingerprint density at radius 2 is 2.00 bits per heavy atom. The highest BCUT2D eigenvalue weighted by Crippen LogP contribution is 2.49. The van der Waals surface area contributed by atoms with Crippen LogP contribution >= 0.6 is 23.2 Å². The van der Waals surface area contributed by atoms with Crippen LogP contribution in [0.15, 0.2) is 57.6 Å². The lowest BCUT2D eigenvalue weighted by Gasteiger charge is -2.32. The van der Waals surface area contributed by atoms with Gasteiger partial charge in [0.15, 0.2) is 0 Å². The average Bonchev–Trinajstić information content (AvgIpc) is 3.07. The van der Waals surface area contributed by atoms with Crippen molar-refractivity contribution in [3.63, 3.8) is 0 Å². The molecule has 0 fully saturated rings. The fraction of sp³-hybridized carbons (Fsp3) is 0.381. The second kappa shape index (κ2) is 6.79. The molecule has 0 spiro atoms. The van der Waals surface area contributed by atoms with E-state index < -0.39 is 4.87 Å². The first-order chi connectivity index (χ1) is 12.5. The van der Waals surface area contributed by atoms with Crippen molar-refractivity contribution in [1.29, 1.82) is 0 Å². The van der Waals surface area contributed by atoms with Gasteiger partial charge in [-0.2, -0.15) is 0 Å². The van der Waals surface area contributed by atoms with Crippen LogP contribution in [-0.2, 0) is 11.3 Å². The minimum absolute atomic E-state index is 0.211. The Morgan fingerprint density at radius 3 is 2.69 bits per heavy atom. The zero-order valence-electron chi connectivity index (χ0n) is 15.0. The molecule has 136 valence electrons. The van der Waals surface area contributed by atoms with Gasteiger partial charge in [0.25, 0.3) is 0 Å². The fourth-order valence-corrected chi connectivity index (χ4v) is 4.82. The maximum atomic E-state index is 6.92. The van der Waals surface area contributed by atoms with Crippen LogP contribution in [0.4, 0.5) is 5.88 Å². The van der Waals surface area contributed by atoms with Crippen molar-refractivity contribution >= 4 is 29.1 Å². The molecule has 0 saturated heterocycles. The summed E-state index contributed by atoms with van der Waals surface area (Å²) >= 11 is 13.7. The third-order valence-electron chi connectivity index (χ3n) is 5.33. The number of rotatable bonds is 3. The monoisotopic (exact) mass is 388 g/mol. The number of aromatic nitrogens is 1. The molecule has 2 unspecified atom stereocenters. The number of aryl methyl sites for hydroxylation is 1. The maximum Gasteiger partial charge on any atom is 0.230 e. The molecule has 26 heavy (non-hydrogen) atoms. The first kappa shape index (κ1) is 17.7. The van der Waals surface area contributed by atoms with Gasteiger partial charge >= 0.3 is 0 Å². The van der Waals surface area contributed by atoms with Crippen LogP contribution in [0.25, 0.3) is 0 Å². The summed E-state index contributed by atoms with van der Waals surface area (Å²) in [5.74, 6) is 1.05. The van der Waals surface area contributed by atoms with Crippen molar-refractivity contribution in [2.75, 3.05) is 19.0 Å². The number of hydrogen-bond donors (Lipinski definition) is 0. The Kier molecular flexibility index (Phi) is 4.62. The minimum Gasteiger partial charge on any atom is -0.346 e. The Hall–Kier alpha value is -1.71. The molecule has 0 aliphatic heterocycles. The lowest BCUT2D eigenvalue weighted by atomic mass is 9.77. The van der Waals surface area contributed by atoms with Gasteiger partial charge in [-0.05, 0) is 30.4 Å². The van der Waals surface area contributed by atoms with E-state index in [4.69, 9.17) is 27.7 Å². The summed E-state index contributed by atoms with van der Waals surface area (Å²) in [5, 5.41) is 5.12. The topological polar surface area (TPSA) is 29.3 Å². The predicted molar refractivity (Wildman–Crippen MR) is 107 cm³/mol. The molecule has 0 bridgehead atoms. The molecule has 1 aromatic carbocycles. The van der Waals surface area contributed by atoms with E-state index in [1.54, 1.807) is 0 Å². The molecule has 3 nitrogen and oxygen atoms in total. The third kappa shape index (κ3) is 2.97. The molecule has 0 radical (unpaired) electrons. The van der Waals surface area contributed by atoms with Crippen molar-refractivity contribution in [2.24, 2.45) is 0 Å². The highest BCUT2D eigenvalue weighted by Gasteiger charge is 2.36. The highest BCUT2D eigenvalue weighted by molar-refractivity contribution is 6.32. The van der Waals surface area contributed by atoms with Crippen LogP contribution in [0.2, 0.25) is 0 Å². The summed E-state index contributed by atoms with van der Waals surface area (Å²) in [6.07, 6.45) is 7.89. The number of benzene rings is 1. The number of nitrogens with zero attached hydrogens (tertiary/aromatic N) is 2. The Morgan fingerprint density at radius 1 is 1.23 bits per heavy atom. The Bertz CT molecular complexity index is 869. The fourth-order valence-electron chi connectivity index (χ4n) is 4.02. The summed E-state index contributed by atoms with van der Waals surface area (Å²) < 4.78 is 5.61. The van der Waals surface area contributed by atoms with Crippen molar-refractivity contribution in [2.45, 2.75) is 36.5 Å². The molecule has 1 aromatic heterocycles. The van der Waals surface area contributed by atoms with E-state index in [1.165, 1.54) is 5.56 Å². The molecule has 2 aliphatic carbocycles. The van der Waals surface area contributed by atoms with Crippen molar-refractivity contribution in [3.8, 4) is 0 Å². The third-order valence-corrected chi connectivity index (χ3v) is 6.16. The Labute approximate surface area is 164 Å². The molecule has 2 atom stereocenters. The molecule has 0 N–H and O–H groups in total. The van der Waals surface area contributed by atoms with Crippen LogP contribution in [0.5, 0.6) is 0 Å². The summed E-state index contributed by atoms with van der Waals surface area (Å²) in [6.45, 7) is 0. The quantitative estimate of drug-likeness (QED) is 0.626. The first-order valence-electron chi connectivity index (χ1n) is 8.97. The number of hydrogen-bond acceptors (Lipinski definition) is 3. The lowest BCUT2D eigenvalue weighted by Crippen LogP contribution is -2.22. The van der Waals surface area contributed by atoms with E-state index in [-0.39, 0.29) is 5.92 Å². The van der Waals surface area contributed by atoms with E-state index in [2.05, 4.69) is 29.4 Å². The van der Waals surface area contributed by atoms with Crippen molar-refractivity contribution in [1.82, 2.24) is 5.16 Å². The molecule has 1 heterocycles. The lowest BCUT2D eigenvalue weighted by molar-refractivity contribution is 0.415. The molecule has 0 amide bonds. The smallest absolute Gasteiger partial charge is 0.230 e. The highest BCUT2D eigenvalue weighted by atomic mass is 35.5. The number of allylic oxidation sites excluding steroid dienone is 4. The van der Waals surface area contributed by atoms with Crippen LogP contribution in [-0.4, -0.2) is 19.3 Å². The summed E-state index contributed by atoms with van der Waals surface area (Å²) in [4.78, 5) is 1.40. The maximum absolute atomic E-state index is 6.92. The van der Waals surface area contributed by atoms with Crippen LogP contribution in [0, 0.1) is 0 Å². The van der Waals surface area contributed by atoms with Gasteiger partial charge in [-0.1, -0.05) is 59.2 Å². The molecule has 2 aliphatic rings. The van der Waals surface area contributed by atoms with Crippen molar-refractivity contribution in [3.05, 3.63) is 69.9 Å². The van der Waals surface area contributed by atoms with E-state index in [9.17, 15) is 0 Å². The molecule has 0 saturated carbocycles. The van der Waals surface area contributed by atoms with E-state index in [0.717, 1.165) is 47.0 Å². The second-order valence-electron chi connectivity index (χ2n) is 7.29. The molecule has 2 aromatic rings. The van der Waals surface area contributed by atoms with Gasteiger partial charge in [0.05, 0.1) is 10.6 Å². The number of fused-ring (bicyclic) bond motifs is 1. The minimum atomic E-state index is -0.585. The zero-order chi connectivity index (χ0) is 18.3. The van der Waals surface area contributed by atoms with Crippen LogP contribution in [0.1, 0.15) is 42.0 Å². The normalized spacial score (nSPS) is 25.3. The number of halogens is 2. The van der Waals surface area contributed by atoms with Gasteiger partial charge < -0.3 is 9.42 Å². The van der Waals surface area contributed by atoms with Crippen molar-refractivity contribution < 1.29 is 4.52 Å². The average molecular weight is 389 g/mol. The largest absolute Gasteiger partial charge is 0.346 e. The van der Waals surface area contributed by atoms with Gasteiger partial charge in [0, 0.05) is 37.0 Å². The van der Waals surface area contributed by atoms with Crippen LogP contribution < -0.4 is 4.90 Å². The summed E-state index contributed by atoms with van der Waals surface area (Å²) in [5.41, 5.74) is 4.45. The van der Waals surface area contributed by atoms with Gasteiger partial charge in [-0.15, -0.1) is 11.6 Å². The first-order valence-corrected chi connectivity index (χ1v) is 9.73. The van der Waals surface area contributed by atoms with Crippen LogP contribution in [0.3, 0.4) is 0 Å². The second-order valence-corrected chi connectivity index (χ2v) is 8.42. The SMILES string of the molecule is CN(C)c1onc2c1C(C1=C(Cl)CC(Cl)(c3ccccc3)C=C1)CCC2. The number of anilines is 1. The predicted octanol–water partition coefficient (Wildman–Crippen LogP) is 5.75. The zero-order valence-corrected chi connectivity index (χ0v) is 16.5. The molecule has 5 heteroatoms.